The third kappa shape index (κ3) is 6.16. The van der Waals surface area contributed by atoms with Gasteiger partial charge < -0.3 is 10.1 Å². The van der Waals surface area contributed by atoms with Gasteiger partial charge in [0, 0.05) is 31.8 Å². The SMILES string of the molecule is CC(C)NCC(c1ccccc1)N(C)CCOCC1CC1. The van der Waals surface area contributed by atoms with Gasteiger partial charge in [-0.3, -0.25) is 4.90 Å². The maximum absolute atomic E-state index is 5.78. The molecule has 0 aromatic heterocycles. The van der Waals surface area contributed by atoms with Crippen molar-refractivity contribution in [1.29, 1.82) is 0 Å². The lowest BCUT2D eigenvalue weighted by molar-refractivity contribution is 0.0906. The summed E-state index contributed by atoms with van der Waals surface area (Å²) in [6.07, 6.45) is 2.72. The highest BCUT2D eigenvalue weighted by Gasteiger charge is 2.21. The Morgan fingerprint density at radius 3 is 2.57 bits per heavy atom. The van der Waals surface area contributed by atoms with E-state index in [0.717, 1.165) is 32.2 Å². The minimum Gasteiger partial charge on any atom is -0.380 e. The molecule has 1 aliphatic rings. The fourth-order valence-electron chi connectivity index (χ4n) is 2.45. The molecule has 0 saturated heterocycles. The number of hydrogen-bond donors (Lipinski definition) is 1. The van der Waals surface area contributed by atoms with E-state index in [9.17, 15) is 0 Å². The van der Waals surface area contributed by atoms with Crippen LogP contribution >= 0.6 is 0 Å². The van der Waals surface area contributed by atoms with Crippen molar-refractivity contribution in [3.05, 3.63) is 35.9 Å². The molecule has 1 N–H and O–H groups in total. The highest BCUT2D eigenvalue weighted by molar-refractivity contribution is 5.19. The zero-order valence-electron chi connectivity index (χ0n) is 13.7. The maximum Gasteiger partial charge on any atom is 0.0593 e. The van der Waals surface area contributed by atoms with E-state index in [4.69, 9.17) is 4.74 Å². The molecule has 1 atom stereocenters. The predicted octanol–water partition coefficient (Wildman–Crippen LogP) is 3.08. The van der Waals surface area contributed by atoms with Gasteiger partial charge in [-0.15, -0.1) is 0 Å². The summed E-state index contributed by atoms with van der Waals surface area (Å²) in [5, 5.41) is 3.56. The molecule has 3 nitrogen and oxygen atoms in total. The number of nitrogens with zero attached hydrogens (tertiary/aromatic N) is 1. The van der Waals surface area contributed by atoms with Gasteiger partial charge >= 0.3 is 0 Å². The van der Waals surface area contributed by atoms with Gasteiger partial charge in [-0.1, -0.05) is 44.2 Å². The van der Waals surface area contributed by atoms with Crippen LogP contribution in [0.15, 0.2) is 30.3 Å². The number of nitrogens with one attached hydrogen (secondary N) is 1. The van der Waals surface area contributed by atoms with Crippen LogP contribution in [0, 0.1) is 5.92 Å². The Labute approximate surface area is 129 Å². The van der Waals surface area contributed by atoms with Crippen LogP contribution in [-0.4, -0.2) is 44.3 Å². The van der Waals surface area contributed by atoms with Gasteiger partial charge in [0.05, 0.1) is 6.61 Å². The van der Waals surface area contributed by atoms with Crippen LogP contribution in [0.5, 0.6) is 0 Å². The zero-order valence-corrected chi connectivity index (χ0v) is 13.7. The second-order valence-electron chi connectivity index (χ2n) is 6.49. The van der Waals surface area contributed by atoms with E-state index in [1.807, 2.05) is 0 Å². The van der Waals surface area contributed by atoms with Crippen LogP contribution in [0.2, 0.25) is 0 Å². The predicted molar refractivity (Wildman–Crippen MR) is 88.5 cm³/mol. The Balaban J connectivity index is 1.83. The van der Waals surface area contributed by atoms with E-state index in [1.165, 1.54) is 18.4 Å². The van der Waals surface area contributed by atoms with Crippen molar-refractivity contribution in [2.75, 3.05) is 33.4 Å². The van der Waals surface area contributed by atoms with Crippen molar-refractivity contribution < 1.29 is 4.74 Å². The van der Waals surface area contributed by atoms with Crippen LogP contribution in [0.1, 0.15) is 38.3 Å². The largest absolute Gasteiger partial charge is 0.380 e. The van der Waals surface area contributed by atoms with Gasteiger partial charge in [-0.2, -0.15) is 0 Å². The third-order valence-electron chi connectivity index (χ3n) is 4.07. The zero-order chi connectivity index (χ0) is 15.1. The first-order valence-electron chi connectivity index (χ1n) is 8.23. The smallest absolute Gasteiger partial charge is 0.0593 e. The number of ether oxygens (including phenoxy) is 1. The number of hydrogen-bond acceptors (Lipinski definition) is 3. The highest BCUT2D eigenvalue weighted by Crippen LogP contribution is 2.28. The summed E-state index contributed by atoms with van der Waals surface area (Å²) in [7, 11) is 2.19. The Morgan fingerprint density at radius 2 is 1.95 bits per heavy atom. The normalized spacial score (nSPS) is 16.6. The molecular weight excluding hydrogens is 260 g/mol. The topological polar surface area (TPSA) is 24.5 Å². The fourth-order valence-corrected chi connectivity index (χ4v) is 2.45. The standard InChI is InChI=1S/C18H30N2O/c1-15(2)19-13-18(17-7-5-4-6-8-17)20(3)11-12-21-14-16-9-10-16/h4-8,15-16,18-19H,9-14H2,1-3H3. The van der Waals surface area contributed by atoms with Crippen molar-refractivity contribution in [1.82, 2.24) is 10.2 Å². The summed E-state index contributed by atoms with van der Waals surface area (Å²) in [4.78, 5) is 2.40. The Kier molecular flexibility index (Phi) is 6.68. The first kappa shape index (κ1) is 16.5. The summed E-state index contributed by atoms with van der Waals surface area (Å²) >= 11 is 0. The molecule has 1 aromatic carbocycles. The van der Waals surface area contributed by atoms with Gasteiger partial charge in [0.15, 0.2) is 0 Å². The van der Waals surface area contributed by atoms with E-state index in [-0.39, 0.29) is 0 Å². The minimum absolute atomic E-state index is 0.401. The van der Waals surface area contributed by atoms with Gasteiger partial charge in [0.1, 0.15) is 0 Å². The second kappa shape index (κ2) is 8.52. The average Bonchev–Trinajstić information content (AvgIpc) is 3.29. The van der Waals surface area contributed by atoms with Crippen molar-refractivity contribution in [2.24, 2.45) is 5.92 Å². The van der Waals surface area contributed by atoms with E-state index >= 15 is 0 Å². The van der Waals surface area contributed by atoms with E-state index in [0.29, 0.717) is 12.1 Å². The summed E-state index contributed by atoms with van der Waals surface area (Å²) in [6, 6.07) is 11.7. The van der Waals surface area contributed by atoms with Crippen LogP contribution in [0.25, 0.3) is 0 Å². The lowest BCUT2D eigenvalue weighted by atomic mass is 10.1. The molecule has 0 amide bonds. The van der Waals surface area contributed by atoms with Gasteiger partial charge in [0.2, 0.25) is 0 Å². The third-order valence-corrected chi connectivity index (χ3v) is 4.07. The fraction of sp³-hybridized carbons (Fsp3) is 0.667. The molecule has 1 aliphatic carbocycles. The quantitative estimate of drug-likeness (QED) is 0.670. The van der Waals surface area contributed by atoms with Crippen LogP contribution in [0.4, 0.5) is 0 Å². The molecule has 21 heavy (non-hydrogen) atoms. The van der Waals surface area contributed by atoms with E-state index in [2.05, 4.69) is 61.4 Å². The number of likely N-dealkylation sites (N-methyl/N-ethyl adjacent to an activating group) is 1. The van der Waals surface area contributed by atoms with Crippen molar-refractivity contribution in [3.63, 3.8) is 0 Å². The first-order chi connectivity index (χ1) is 10.2. The van der Waals surface area contributed by atoms with Crippen molar-refractivity contribution in [2.45, 2.75) is 38.8 Å². The van der Waals surface area contributed by atoms with Gasteiger partial charge in [0.25, 0.3) is 0 Å². The number of benzene rings is 1. The van der Waals surface area contributed by atoms with Gasteiger partial charge in [-0.25, -0.2) is 0 Å². The molecular formula is C18H30N2O. The molecule has 0 heterocycles. The molecule has 0 spiro atoms. The van der Waals surface area contributed by atoms with E-state index < -0.39 is 0 Å². The lowest BCUT2D eigenvalue weighted by Crippen LogP contribution is -2.37. The first-order valence-corrected chi connectivity index (χ1v) is 8.23. The van der Waals surface area contributed by atoms with Crippen molar-refractivity contribution >= 4 is 0 Å². The molecule has 3 heteroatoms. The molecule has 0 bridgehead atoms. The molecule has 2 rings (SSSR count). The van der Waals surface area contributed by atoms with Gasteiger partial charge in [-0.05, 0) is 31.4 Å². The molecule has 0 radical (unpaired) electrons. The Bertz CT molecular complexity index is 389. The van der Waals surface area contributed by atoms with Crippen LogP contribution in [-0.2, 0) is 4.74 Å². The summed E-state index contributed by atoms with van der Waals surface area (Å²) < 4.78 is 5.78. The lowest BCUT2D eigenvalue weighted by Gasteiger charge is -2.29. The molecule has 1 unspecified atom stereocenters. The minimum atomic E-state index is 0.401. The van der Waals surface area contributed by atoms with Crippen LogP contribution < -0.4 is 5.32 Å². The summed E-state index contributed by atoms with van der Waals surface area (Å²) in [6.45, 7) is 8.13. The monoisotopic (exact) mass is 290 g/mol. The maximum atomic E-state index is 5.78. The summed E-state index contributed by atoms with van der Waals surface area (Å²) in [5.74, 6) is 0.850. The second-order valence-corrected chi connectivity index (χ2v) is 6.49. The Hall–Kier alpha value is -0.900. The van der Waals surface area contributed by atoms with E-state index in [1.54, 1.807) is 0 Å². The Morgan fingerprint density at radius 1 is 1.24 bits per heavy atom. The molecule has 118 valence electrons. The molecule has 1 saturated carbocycles. The molecule has 1 fully saturated rings. The molecule has 0 aliphatic heterocycles. The van der Waals surface area contributed by atoms with Crippen LogP contribution in [0.3, 0.4) is 0 Å². The molecule has 1 aromatic rings. The van der Waals surface area contributed by atoms with Crippen molar-refractivity contribution in [3.8, 4) is 0 Å². The number of rotatable bonds is 10. The average molecular weight is 290 g/mol. The highest BCUT2D eigenvalue weighted by atomic mass is 16.5. The summed E-state index contributed by atoms with van der Waals surface area (Å²) in [5.41, 5.74) is 1.37.